The van der Waals surface area contributed by atoms with E-state index < -0.39 is 0 Å². The maximum Gasteiger partial charge on any atom is 0.110 e. The summed E-state index contributed by atoms with van der Waals surface area (Å²) < 4.78 is 7.58. The predicted octanol–water partition coefficient (Wildman–Crippen LogP) is 2.92. The summed E-state index contributed by atoms with van der Waals surface area (Å²) in [5.41, 5.74) is 4.95. The topological polar surface area (TPSA) is 43.0 Å². The van der Waals surface area contributed by atoms with Gasteiger partial charge >= 0.3 is 0 Å². The predicted molar refractivity (Wildman–Crippen MR) is 79.0 cm³/mol. The lowest BCUT2D eigenvalue weighted by molar-refractivity contribution is 0.505. The molecule has 1 aliphatic heterocycles. The van der Waals surface area contributed by atoms with Gasteiger partial charge in [0.2, 0.25) is 0 Å². The Labute approximate surface area is 117 Å². The molecule has 2 aromatic heterocycles. The molecule has 0 fully saturated rings. The van der Waals surface area contributed by atoms with Gasteiger partial charge in [-0.25, -0.2) is 4.98 Å². The minimum absolute atomic E-state index is 0.891. The molecule has 0 saturated heterocycles. The number of nitrogens with zero attached hydrogens (tertiary/aromatic N) is 2. The van der Waals surface area contributed by atoms with Gasteiger partial charge in [-0.15, -0.1) is 0 Å². The van der Waals surface area contributed by atoms with Gasteiger partial charge < -0.3 is 14.3 Å². The highest BCUT2D eigenvalue weighted by Crippen LogP contribution is 2.28. The zero-order valence-corrected chi connectivity index (χ0v) is 11.5. The molecule has 1 N–H and O–H groups in total. The Morgan fingerprint density at radius 2 is 2.30 bits per heavy atom. The van der Waals surface area contributed by atoms with Gasteiger partial charge in [0.15, 0.2) is 0 Å². The van der Waals surface area contributed by atoms with Crippen molar-refractivity contribution in [2.24, 2.45) is 7.05 Å². The molecule has 0 unspecified atom stereocenters. The van der Waals surface area contributed by atoms with E-state index in [0.29, 0.717) is 0 Å². The Morgan fingerprint density at radius 1 is 1.35 bits per heavy atom. The Morgan fingerprint density at radius 3 is 3.15 bits per heavy atom. The number of aryl methyl sites for hydroxylation is 3. The molecule has 0 radical (unpaired) electrons. The lowest BCUT2D eigenvalue weighted by Gasteiger charge is -2.03. The Kier molecular flexibility index (Phi) is 2.55. The van der Waals surface area contributed by atoms with Crippen molar-refractivity contribution in [3.8, 4) is 0 Å². The van der Waals surface area contributed by atoms with E-state index in [1.54, 1.807) is 6.26 Å². The highest BCUT2D eigenvalue weighted by molar-refractivity contribution is 5.83. The standard InChI is InChI=1S/C16H17N3O/c1-19-15-10-13-11(6-7-17-13)9-14(15)18-16(19)5-4-12-3-2-8-20-12/h2-3,8-10,17H,4-7H2,1H3. The van der Waals surface area contributed by atoms with Crippen molar-refractivity contribution < 1.29 is 4.42 Å². The second kappa shape index (κ2) is 4.40. The normalized spacial score (nSPS) is 13.7. The van der Waals surface area contributed by atoms with Gasteiger partial charge in [0.1, 0.15) is 11.6 Å². The van der Waals surface area contributed by atoms with Gasteiger partial charge in [0.05, 0.1) is 17.3 Å². The minimum atomic E-state index is 0.891. The highest BCUT2D eigenvalue weighted by atomic mass is 16.3. The molecule has 0 atom stereocenters. The van der Waals surface area contributed by atoms with E-state index in [1.807, 2.05) is 12.1 Å². The number of fused-ring (bicyclic) bond motifs is 2. The quantitative estimate of drug-likeness (QED) is 0.793. The van der Waals surface area contributed by atoms with E-state index >= 15 is 0 Å². The van der Waals surface area contributed by atoms with Crippen molar-refractivity contribution >= 4 is 16.7 Å². The first-order valence-electron chi connectivity index (χ1n) is 7.06. The smallest absolute Gasteiger partial charge is 0.110 e. The molecular weight excluding hydrogens is 250 g/mol. The molecule has 3 aromatic rings. The van der Waals surface area contributed by atoms with E-state index in [4.69, 9.17) is 9.40 Å². The summed E-state index contributed by atoms with van der Waals surface area (Å²) in [5.74, 6) is 2.13. The minimum Gasteiger partial charge on any atom is -0.469 e. The molecule has 0 amide bonds. The van der Waals surface area contributed by atoms with Crippen molar-refractivity contribution in [1.29, 1.82) is 0 Å². The molecule has 1 aliphatic rings. The molecule has 4 nitrogen and oxygen atoms in total. The number of imidazole rings is 1. The van der Waals surface area contributed by atoms with Crippen LogP contribution in [0.4, 0.5) is 5.69 Å². The summed E-state index contributed by atoms with van der Waals surface area (Å²) in [7, 11) is 2.09. The van der Waals surface area contributed by atoms with Crippen molar-refractivity contribution in [2.75, 3.05) is 11.9 Å². The summed E-state index contributed by atoms with van der Waals surface area (Å²) in [4.78, 5) is 4.78. The average Bonchev–Trinajstić information content (AvgIpc) is 3.16. The van der Waals surface area contributed by atoms with Crippen LogP contribution >= 0.6 is 0 Å². The maximum atomic E-state index is 5.39. The van der Waals surface area contributed by atoms with Crippen LogP contribution < -0.4 is 5.32 Å². The lowest BCUT2D eigenvalue weighted by atomic mass is 10.1. The number of hydrogen-bond donors (Lipinski definition) is 1. The van der Waals surface area contributed by atoms with Crippen LogP contribution in [-0.4, -0.2) is 16.1 Å². The van der Waals surface area contributed by atoms with Crippen molar-refractivity contribution in [1.82, 2.24) is 9.55 Å². The molecule has 20 heavy (non-hydrogen) atoms. The molecule has 4 heteroatoms. The number of benzene rings is 1. The molecule has 1 aromatic carbocycles. The van der Waals surface area contributed by atoms with E-state index in [1.165, 1.54) is 16.8 Å². The third kappa shape index (κ3) is 1.80. The third-order valence-electron chi connectivity index (χ3n) is 4.08. The molecular formula is C16H17N3O. The van der Waals surface area contributed by atoms with Crippen LogP contribution in [0.15, 0.2) is 34.9 Å². The SMILES string of the molecule is Cn1c(CCc2ccco2)nc2cc3c(cc21)NCC3. The zero-order valence-electron chi connectivity index (χ0n) is 11.5. The van der Waals surface area contributed by atoms with Gasteiger partial charge in [-0.1, -0.05) is 0 Å². The second-order valence-electron chi connectivity index (χ2n) is 5.34. The molecule has 4 rings (SSSR count). The van der Waals surface area contributed by atoms with E-state index in [0.717, 1.165) is 42.9 Å². The fourth-order valence-corrected chi connectivity index (χ4v) is 2.95. The fraction of sp³-hybridized carbons (Fsp3) is 0.312. The first-order chi connectivity index (χ1) is 9.81. The van der Waals surface area contributed by atoms with Crippen LogP contribution in [0.3, 0.4) is 0 Å². The summed E-state index contributed by atoms with van der Waals surface area (Å²) >= 11 is 0. The number of aromatic nitrogens is 2. The summed E-state index contributed by atoms with van der Waals surface area (Å²) in [5, 5.41) is 3.43. The molecule has 102 valence electrons. The van der Waals surface area contributed by atoms with Gasteiger partial charge in [0.25, 0.3) is 0 Å². The number of furan rings is 1. The highest BCUT2D eigenvalue weighted by Gasteiger charge is 2.15. The maximum absolute atomic E-state index is 5.39. The van der Waals surface area contributed by atoms with Crippen molar-refractivity contribution in [2.45, 2.75) is 19.3 Å². The van der Waals surface area contributed by atoms with Crippen LogP contribution in [0, 0.1) is 0 Å². The van der Waals surface area contributed by atoms with Crippen LogP contribution in [0.5, 0.6) is 0 Å². The van der Waals surface area contributed by atoms with Crippen molar-refractivity contribution in [3.63, 3.8) is 0 Å². The molecule has 0 spiro atoms. The van der Waals surface area contributed by atoms with Gasteiger partial charge in [-0.2, -0.15) is 0 Å². The van der Waals surface area contributed by atoms with Gasteiger partial charge in [-0.3, -0.25) is 0 Å². The monoisotopic (exact) mass is 267 g/mol. The van der Waals surface area contributed by atoms with Crippen LogP contribution in [0.2, 0.25) is 0 Å². The lowest BCUT2D eigenvalue weighted by Crippen LogP contribution is -2.00. The molecule has 0 bridgehead atoms. The second-order valence-corrected chi connectivity index (χ2v) is 5.34. The van der Waals surface area contributed by atoms with Gasteiger partial charge in [0, 0.05) is 32.1 Å². The van der Waals surface area contributed by atoms with Gasteiger partial charge in [-0.05, 0) is 36.2 Å². The van der Waals surface area contributed by atoms with Crippen LogP contribution in [-0.2, 0) is 26.3 Å². The number of rotatable bonds is 3. The van der Waals surface area contributed by atoms with Crippen LogP contribution in [0.1, 0.15) is 17.1 Å². The summed E-state index contributed by atoms with van der Waals surface area (Å²) in [6.07, 6.45) is 4.61. The molecule has 0 aliphatic carbocycles. The Hall–Kier alpha value is -2.23. The zero-order chi connectivity index (χ0) is 13.5. The number of nitrogens with one attached hydrogen (secondary N) is 1. The Bertz CT molecular complexity index is 756. The average molecular weight is 267 g/mol. The number of anilines is 1. The molecule has 3 heterocycles. The van der Waals surface area contributed by atoms with Crippen LogP contribution in [0.25, 0.3) is 11.0 Å². The van der Waals surface area contributed by atoms with E-state index in [2.05, 4.69) is 29.1 Å². The van der Waals surface area contributed by atoms with E-state index in [9.17, 15) is 0 Å². The van der Waals surface area contributed by atoms with E-state index in [-0.39, 0.29) is 0 Å². The summed E-state index contributed by atoms with van der Waals surface area (Å²) in [6, 6.07) is 8.39. The molecule has 0 saturated carbocycles. The Balaban J connectivity index is 1.68. The van der Waals surface area contributed by atoms with Crippen molar-refractivity contribution in [3.05, 3.63) is 47.7 Å². The number of hydrogen-bond acceptors (Lipinski definition) is 3. The first kappa shape index (κ1) is 11.6. The first-order valence-corrected chi connectivity index (χ1v) is 7.06. The largest absolute Gasteiger partial charge is 0.469 e. The third-order valence-corrected chi connectivity index (χ3v) is 4.08. The summed E-state index contributed by atoms with van der Waals surface area (Å²) in [6.45, 7) is 1.04. The fourth-order valence-electron chi connectivity index (χ4n) is 2.95.